The monoisotopic (exact) mass is 345 g/mol. The Balaban J connectivity index is 2.73. The molecule has 2 unspecified atom stereocenters. The van der Waals surface area contributed by atoms with E-state index in [2.05, 4.69) is 10.6 Å². The number of nitrogens with one attached hydrogen (secondary N) is 2. The number of aliphatic hydroxyl groups is 1. The van der Waals surface area contributed by atoms with Crippen LogP contribution in [0.15, 0.2) is 18.2 Å². The van der Waals surface area contributed by atoms with Crippen molar-refractivity contribution in [2.45, 2.75) is 25.5 Å². The van der Waals surface area contributed by atoms with E-state index in [9.17, 15) is 19.7 Å². The lowest BCUT2D eigenvalue weighted by Gasteiger charge is -2.15. The lowest BCUT2D eigenvalue weighted by Crippen LogP contribution is -2.42. The van der Waals surface area contributed by atoms with Crippen molar-refractivity contribution in [1.29, 1.82) is 0 Å². The van der Waals surface area contributed by atoms with Crippen LogP contribution < -0.4 is 10.6 Å². The van der Waals surface area contributed by atoms with Gasteiger partial charge < -0.3 is 20.8 Å². The Labute approximate surface area is 136 Å². The van der Waals surface area contributed by atoms with Crippen molar-refractivity contribution >= 4 is 34.9 Å². The molecule has 0 spiro atoms. The second kappa shape index (κ2) is 8.42. The molecule has 0 heterocycles. The largest absolute Gasteiger partial charge is 0.480 e. The highest BCUT2D eigenvalue weighted by molar-refractivity contribution is 6.32. The van der Waals surface area contributed by atoms with Crippen molar-refractivity contribution in [1.82, 2.24) is 5.32 Å². The highest BCUT2D eigenvalue weighted by Gasteiger charge is 2.22. The van der Waals surface area contributed by atoms with E-state index < -0.39 is 35.4 Å². The minimum absolute atomic E-state index is 0.0106. The molecule has 0 aliphatic rings. The molecule has 23 heavy (non-hydrogen) atoms. The van der Waals surface area contributed by atoms with Crippen LogP contribution >= 0.6 is 11.6 Å². The second-order valence-corrected chi connectivity index (χ2v) is 5.23. The number of carbonyl (C=O) groups is 2. The highest BCUT2D eigenvalue weighted by atomic mass is 35.5. The minimum atomic E-state index is -1.25. The molecule has 9 nitrogen and oxygen atoms in total. The van der Waals surface area contributed by atoms with E-state index >= 15 is 0 Å². The topological polar surface area (TPSA) is 142 Å². The van der Waals surface area contributed by atoms with Crippen molar-refractivity contribution in [3.05, 3.63) is 33.3 Å². The molecule has 1 amide bonds. The fraction of sp³-hybridized carbons (Fsp3) is 0.385. The Bertz CT molecular complexity index is 607. The minimum Gasteiger partial charge on any atom is -0.480 e. The van der Waals surface area contributed by atoms with Gasteiger partial charge in [0.2, 0.25) is 5.91 Å². The molecule has 0 saturated heterocycles. The molecule has 0 saturated carbocycles. The number of amides is 1. The summed E-state index contributed by atoms with van der Waals surface area (Å²) in [5, 5.41) is 33.8. The molecule has 1 rings (SSSR count). The van der Waals surface area contributed by atoms with Crippen LogP contribution in [0.25, 0.3) is 0 Å². The number of rotatable bonds is 8. The Hall–Kier alpha value is -2.23. The summed E-state index contributed by atoms with van der Waals surface area (Å²) in [5.74, 6) is -1.89. The van der Waals surface area contributed by atoms with Gasteiger partial charge in [0.05, 0.1) is 17.4 Å². The fourth-order valence-electron chi connectivity index (χ4n) is 1.69. The predicted molar refractivity (Wildman–Crippen MR) is 82.5 cm³/mol. The van der Waals surface area contributed by atoms with Gasteiger partial charge >= 0.3 is 5.97 Å². The first kappa shape index (κ1) is 18.8. The number of nitrogens with zero attached hydrogens (tertiary/aromatic N) is 1. The number of halogens is 1. The van der Waals surface area contributed by atoms with Gasteiger partial charge in [-0.1, -0.05) is 11.6 Å². The zero-order chi connectivity index (χ0) is 17.6. The lowest BCUT2D eigenvalue weighted by atomic mass is 10.2. The highest BCUT2D eigenvalue weighted by Crippen LogP contribution is 2.27. The maximum absolute atomic E-state index is 11.9. The maximum atomic E-state index is 11.9. The third-order valence-corrected chi connectivity index (χ3v) is 3.09. The third kappa shape index (κ3) is 6.19. The Morgan fingerprint density at radius 1 is 1.43 bits per heavy atom. The number of carboxylic acids is 1. The maximum Gasteiger partial charge on any atom is 0.321 e. The van der Waals surface area contributed by atoms with E-state index in [1.54, 1.807) is 0 Å². The molecule has 0 fully saturated rings. The summed E-state index contributed by atoms with van der Waals surface area (Å²) in [6.45, 7) is 1.48. The van der Waals surface area contributed by atoms with Gasteiger partial charge in [-0.3, -0.25) is 19.7 Å². The summed E-state index contributed by atoms with van der Waals surface area (Å²) >= 11 is 5.66. The molecule has 2 atom stereocenters. The van der Waals surface area contributed by atoms with Gasteiger partial charge in [0.15, 0.2) is 0 Å². The first-order valence-corrected chi connectivity index (χ1v) is 6.96. The average Bonchev–Trinajstić information content (AvgIpc) is 2.44. The Morgan fingerprint density at radius 3 is 2.61 bits per heavy atom. The van der Waals surface area contributed by atoms with Crippen molar-refractivity contribution < 1.29 is 24.7 Å². The number of hydrogen-bond acceptors (Lipinski definition) is 6. The van der Waals surface area contributed by atoms with E-state index in [-0.39, 0.29) is 22.9 Å². The molecule has 4 N–H and O–H groups in total. The van der Waals surface area contributed by atoms with Crippen LogP contribution in [0.2, 0.25) is 5.02 Å². The summed E-state index contributed by atoms with van der Waals surface area (Å²) in [7, 11) is 0. The van der Waals surface area contributed by atoms with Crippen molar-refractivity contribution in [2.75, 3.05) is 11.9 Å². The molecule has 0 aromatic heterocycles. The van der Waals surface area contributed by atoms with Gasteiger partial charge in [0.1, 0.15) is 11.1 Å². The number of benzene rings is 1. The van der Waals surface area contributed by atoms with Gasteiger partial charge in [0.25, 0.3) is 5.69 Å². The zero-order valence-electron chi connectivity index (χ0n) is 12.2. The first-order chi connectivity index (χ1) is 10.7. The number of aliphatic hydroxyl groups excluding tert-OH is 1. The molecule has 0 aliphatic heterocycles. The van der Waals surface area contributed by atoms with Crippen LogP contribution in [0, 0.1) is 10.1 Å². The van der Waals surface area contributed by atoms with Gasteiger partial charge in [-0.2, -0.15) is 0 Å². The smallest absolute Gasteiger partial charge is 0.321 e. The van der Waals surface area contributed by atoms with E-state index in [1.165, 1.54) is 19.1 Å². The van der Waals surface area contributed by atoms with Gasteiger partial charge in [-0.15, -0.1) is 0 Å². The number of hydrogen-bond donors (Lipinski definition) is 4. The van der Waals surface area contributed by atoms with Gasteiger partial charge in [0, 0.05) is 18.3 Å². The number of nitro groups is 1. The third-order valence-electron chi connectivity index (χ3n) is 2.77. The summed E-state index contributed by atoms with van der Waals surface area (Å²) in [6, 6.07) is 2.52. The van der Waals surface area contributed by atoms with Crippen LogP contribution in [-0.2, 0) is 9.59 Å². The summed E-state index contributed by atoms with van der Waals surface area (Å²) in [6.07, 6.45) is -1.17. The normalized spacial score (nSPS) is 13.2. The molecule has 1 aromatic rings. The standard InChI is InChI=1S/C13H16ClN3O6/c1-7(18)6-15-10(13(20)21)5-12(19)16-8-2-3-9(14)11(4-8)17(22)23/h2-4,7,10,15,18H,5-6H2,1H3,(H,16,19)(H,20,21). The number of anilines is 1. The second-order valence-electron chi connectivity index (χ2n) is 4.82. The van der Waals surface area contributed by atoms with Crippen molar-refractivity contribution in [3.63, 3.8) is 0 Å². The number of aliphatic carboxylic acids is 1. The lowest BCUT2D eigenvalue weighted by molar-refractivity contribution is -0.384. The number of nitro benzene ring substituents is 1. The first-order valence-electron chi connectivity index (χ1n) is 6.58. The van der Waals surface area contributed by atoms with Crippen molar-refractivity contribution in [3.8, 4) is 0 Å². The fourth-order valence-corrected chi connectivity index (χ4v) is 1.87. The van der Waals surface area contributed by atoms with Gasteiger partial charge in [-0.05, 0) is 19.1 Å². The van der Waals surface area contributed by atoms with E-state index in [4.69, 9.17) is 21.8 Å². The molecular weight excluding hydrogens is 330 g/mol. The molecular formula is C13H16ClN3O6. The van der Waals surface area contributed by atoms with Crippen LogP contribution in [0.1, 0.15) is 13.3 Å². The average molecular weight is 346 g/mol. The number of carboxylic acid groups (broad SMARTS) is 1. The Morgan fingerprint density at radius 2 is 2.09 bits per heavy atom. The zero-order valence-corrected chi connectivity index (χ0v) is 12.9. The van der Waals surface area contributed by atoms with E-state index in [1.807, 2.05) is 0 Å². The van der Waals surface area contributed by atoms with Crippen molar-refractivity contribution in [2.24, 2.45) is 0 Å². The quantitative estimate of drug-likeness (QED) is 0.406. The van der Waals surface area contributed by atoms with Crippen LogP contribution in [0.3, 0.4) is 0 Å². The van der Waals surface area contributed by atoms with Crippen LogP contribution in [-0.4, -0.2) is 45.7 Å². The summed E-state index contributed by atoms with van der Waals surface area (Å²) in [4.78, 5) is 33.0. The molecule has 0 bridgehead atoms. The summed E-state index contributed by atoms with van der Waals surface area (Å²) < 4.78 is 0. The van der Waals surface area contributed by atoms with Crippen LogP contribution in [0.4, 0.5) is 11.4 Å². The molecule has 0 radical (unpaired) electrons. The SMILES string of the molecule is CC(O)CNC(CC(=O)Nc1ccc(Cl)c([N+](=O)[O-])c1)C(=O)O. The molecule has 10 heteroatoms. The van der Waals surface area contributed by atoms with E-state index in [0.29, 0.717) is 0 Å². The molecule has 1 aromatic carbocycles. The summed E-state index contributed by atoms with van der Waals surface area (Å²) in [5.41, 5.74) is -0.239. The van der Waals surface area contributed by atoms with E-state index in [0.717, 1.165) is 6.07 Å². The molecule has 126 valence electrons. The van der Waals surface area contributed by atoms with Gasteiger partial charge in [-0.25, -0.2) is 0 Å². The molecule has 0 aliphatic carbocycles. The Kier molecular flexibility index (Phi) is 6.89. The predicted octanol–water partition coefficient (Wildman–Crippen LogP) is 1.00. The van der Waals surface area contributed by atoms with Crippen LogP contribution in [0.5, 0.6) is 0 Å². The number of carbonyl (C=O) groups excluding carboxylic acids is 1.